The van der Waals surface area contributed by atoms with E-state index in [1.54, 1.807) is 37.8 Å². The molecule has 8 nitrogen and oxygen atoms in total. The number of aromatic nitrogens is 1. The van der Waals surface area contributed by atoms with Crippen molar-refractivity contribution in [3.8, 4) is 5.75 Å². The molecule has 1 aliphatic rings. The van der Waals surface area contributed by atoms with E-state index in [1.807, 2.05) is 11.0 Å². The van der Waals surface area contributed by atoms with E-state index in [9.17, 15) is 17.6 Å². The predicted octanol–water partition coefficient (Wildman–Crippen LogP) is 4.41. The van der Waals surface area contributed by atoms with Crippen molar-refractivity contribution in [3.05, 3.63) is 48.7 Å². The fourth-order valence-electron chi connectivity index (χ4n) is 3.61. The summed E-state index contributed by atoms with van der Waals surface area (Å²) in [4.78, 5) is 17.4. The van der Waals surface area contributed by atoms with Crippen molar-refractivity contribution in [1.29, 1.82) is 0 Å². The van der Waals surface area contributed by atoms with Gasteiger partial charge in [-0.15, -0.1) is 11.8 Å². The molecule has 178 valence electrons. The molecule has 0 aliphatic carbocycles. The second-order valence-electron chi connectivity index (χ2n) is 7.50. The van der Waals surface area contributed by atoms with Crippen LogP contribution in [0.25, 0.3) is 0 Å². The number of rotatable bonds is 8. The van der Waals surface area contributed by atoms with Gasteiger partial charge in [0.05, 0.1) is 22.5 Å². The van der Waals surface area contributed by atoms with Crippen LogP contribution in [0.2, 0.25) is 0 Å². The molecule has 0 radical (unpaired) electrons. The molecule has 1 N–H and O–H groups in total. The van der Waals surface area contributed by atoms with Gasteiger partial charge in [-0.05, 0) is 30.9 Å². The van der Waals surface area contributed by atoms with Gasteiger partial charge < -0.3 is 14.7 Å². The fourth-order valence-corrected chi connectivity index (χ4v) is 5.71. The van der Waals surface area contributed by atoms with E-state index < -0.39 is 21.8 Å². The maximum absolute atomic E-state index is 13.6. The second kappa shape index (κ2) is 10.5. The van der Waals surface area contributed by atoms with Gasteiger partial charge in [0.25, 0.3) is 0 Å². The number of sulfonamides is 1. The van der Waals surface area contributed by atoms with Crippen molar-refractivity contribution < 1.29 is 27.4 Å². The molecule has 0 saturated carbocycles. The van der Waals surface area contributed by atoms with Crippen LogP contribution in [0.15, 0.2) is 58.5 Å². The Kier molecular flexibility index (Phi) is 7.98. The summed E-state index contributed by atoms with van der Waals surface area (Å²) in [5, 5.41) is 8.75. The highest BCUT2D eigenvalue weighted by atomic mass is 32.2. The van der Waals surface area contributed by atoms with E-state index in [1.165, 1.54) is 22.1 Å². The Bertz CT molecular complexity index is 1140. The molecule has 0 fully saturated rings. The number of nitrogens with zero attached hydrogens (tertiary/aromatic N) is 3. The number of benzene rings is 1. The lowest BCUT2D eigenvalue weighted by Gasteiger charge is -2.29. The second-order valence-corrected chi connectivity index (χ2v) is 10.3. The molecule has 2 aromatic rings. The first-order chi connectivity index (χ1) is 15.7. The Morgan fingerprint density at radius 2 is 2.18 bits per heavy atom. The molecule has 1 unspecified atom stereocenters. The van der Waals surface area contributed by atoms with Crippen molar-refractivity contribution in [2.45, 2.75) is 42.0 Å². The number of halogens is 1. The average molecular weight is 496 g/mol. The third-order valence-corrected chi connectivity index (χ3v) is 8.14. The number of carboxylic acids is 1. The van der Waals surface area contributed by atoms with Crippen molar-refractivity contribution in [3.63, 3.8) is 0 Å². The van der Waals surface area contributed by atoms with Crippen molar-refractivity contribution in [2.75, 3.05) is 24.7 Å². The number of hydrogen-bond acceptors (Lipinski definition) is 7. The molecule has 33 heavy (non-hydrogen) atoms. The molecule has 0 spiro atoms. The molecular weight excluding hydrogens is 469 g/mol. The van der Waals surface area contributed by atoms with Crippen LogP contribution in [-0.4, -0.2) is 54.7 Å². The summed E-state index contributed by atoms with van der Waals surface area (Å²) in [5.41, 5.74) is 1.19. The molecule has 1 atom stereocenters. The summed E-state index contributed by atoms with van der Waals surface area (Å²) in [6, 6.07) is 6.35. The maximum atomic E-state index is 13.6. The molecule has 2 heterocycles. The summed E-state index contributed by atoms with van der Waals surface area (Å²) < 4.78 is 47.4. The summed E-state index contributed by atoms with van der Waals surface area (Å²) in [5.74, 6) is -3.22. The normalized spacial score (nSPS) is 18.5. The number of carboxylic acid groups (broad SMARTS) is 1. The van der Waals surface area contributed by atoms with Gasteiger partial charge in [-0.25, -0.2) is 13.2 Å². The van der Waals surface area contributed by atoms with Gasteiger partial charge in [-0.1, -0.05) is 19.8 Å². The smallest absolute Gasteiger partial charge is 0.368 e. The minimum Gasteiger partial charge on any atom is -0.476 e. The molecule has 0 amide bonds. The Morgan fingerprint density at radius 3 is 2.79 bits per heavy atom. The predicted molar refractivity (Wildman–Crippen MR) is 125 cm³/mol. The lowest BCUT2D eigenvalue weighted by atomic mass is 10.1. The molecule has 0 bridgehead atoms. The van der Waals surface area contributed by atoms with Gasteiger partial charge in [-0.3, -0.25) is 4.98 Å². The zero-order chi connectivity index (χ0) is 24.2. The molecule has 3 rings (SSSR count). The van der Waals surface area contributed by atoms with Gasteiger partial charge in [0.2, 0.25) is 15.9 Å². The lowest BCUT2D eigenvalue weighted by molar-refractivity contribution is -0.134. The Balaban J connectivity index is 2.21. The van der Waals surface area contributed by atoms with Crippen LogP contribution in [0.4, 0.5) is 15.8 Å². The van der Waals surface area contributed by atoms with E-state index in [0.29, 0.717) is 29.8 Å². The number of fused-ring (bicyclic) bond motifs is 1. The third kappa shape index (κ3) is 5.31. The minimum absolute atomic E-state index is 0.00946. The first kappa shape index (κ1) is 25.0. The van der Waals surface area contributed by atoms with Crippen LogP contribution in [0.5, 0.6) is 5.75 Å². The quantitative estimate of drug-likeness (QED) is 0.327. The fraction of sp³-hybridized carbons (Fsp3) is 0.364. The summed E-state index contributed by atoms with van der Waals surface area (Å²) in [7, 11) is -2.37. The largest absolute Gasteiger partial charge is 0.476 e. The van der Waals surface area contributed by atoms with E-state index in [2.05, 4.69) is 11.9 Å². The summed E-state index contributed by atoms with van der Waals surface area (Å²) >= 11 is 1.27. The molecule has 0 saturated heterocycles. The highest BCUT2D eigenvalue weighted by Gasteiger charge is 2.37. The molecule has 11 heteroatoms. The van der Waals surface area contributed by atoms with Gasteiger partial charge in [-0.2, -0.15) is 8.70 Å². The number of unbranched alkanes of at least 4 members (excludes halogenated alkanes) is 1. The monoisotopic (exact) mass is 495 g/mol. The van der Waals surface area contributed by atoms with E-state index in [4.69, 9.17) is 9.84 Å². The molecular formula is C22H26FN3O5S2. The maximum Gasteiger partial charge on any atom is 0.368 e. The number of anilines is 2. The Hall–Kier alpha value is -2.63. The topological polar surface area (TPSA) is 100 Å². The summed E-state index contributed by atoms with van der Waals surface area (Å²) in [6.07, 6.45) is 8.02. The lowest BCUT2D eigenvalue weighted by Crippen LogP contribution is -2.40. The van der Waals surface area contributed by atoms with Crippen LogP contribution in [0.3, 0.4) is 0 Å². The standard InChI is InChI=1S/C22H26FN3O5S2/c1-4-5-7-16-13-26(15-8-6-9-24-12-15)18-10-20(32-3)19(31-14-17(23)22(27)28)11-21(18)33(29,30)25(16)2/h6,8-12,14,16H,4-5,7,13H2,1-3H3,(H,27,28)/b17-14-. The van der Waals surface area contributed by atoms with Gasteiger partial charge >= 0.3 is 5.97 Å². The zero-order valence-corrected chi connectivity index (χ0v) is 20.2. The Labute approximate surface area is 197 Å². The highest BCUT2D eigenvalue weighted by molar-refractivity contribution is 7.98. The van der Waals surface area contributed by atoms with E-state index >= 15 is 0 Å². The number of ether oxygens (including phenoxy) is 1. The van der Waals surface area contributed by atoms with Gasteiger partial charge in [0.1, 0.15) is 16.9 Å². The third-order valence-electron chi connectivity index (χ3n) is 5.44. The number of aliphatic carboxylic acids is 1. The first-order valence-corrected chi connectivity index (χ1v) is 13.0. The molecule has 1 aliphatic heterocycles. The van der Waals surface area contributed by atoms with Crippen LogP contribution < -0.4 is 9.64 Å². The SMILES string of the molecule is CCCCC1CN(c2cccnc2)c2cc(SC)c(O/C=C(\F)C(=O)O)cc2S(=O)(=O)N1C. The number of thioether (sulfide) groups is 1. The average Bonchev–Trinajstić information content (AvgIpc) is 2.89. The first-order valence-electron chi connectivity index (χ1n) is 10.3. The highest BCUT2D eigenvalue weighted by Crippen LogP contribution is 2.43. The van der Waals surface area contributed by atoms with Crippen LogP contribution >= 0.6 is 11.8 Å². The van der Waals surface area contributed by atoms with Crippen LogP contribution in [0, 0.1) is 0 Å². The van der Waals surface area contributed by atoms with Gasteiger partial charge in [0.15, 0.2) is 0 Å². The number of hydrogen-bond donors (Lipinski definition) is 1. The van der Waals surface area contributed by atoms with E-state index in [0.717, 1.165) is 18.5 Å². The zero-order valence-electron chi connectivity index (χ0n) is 18.6. The summed E-state index contributed by atoms with van der Waals surface area (Å²) in [6.45, 7) is 2.48. The number of likely N-dealkylation sites (N-methyl/N-ethyl adjacent to an activating group) is 1. The van der Waals surface area contributed by atoms with Crippen LogP contribution in [0.1, 0.15) is 26.2 Å². The number of carbonyl (C=O) groups is 1. The minimum atomic E-state index is -3.93. The molecule has 1 aromatic carbocycles. The van der Waals surface area contributed by atoms with Crippen molar-refractivity contribution in [2.24, 2.45) is 0 Å². The molecule has 1 aromatic heterocycles. The Morgan fingerprint density at radius 1 is 1.42 bits per heavy atom. The van der Waals surface area contributed by atoms with Gasteiger partial charge in [0, 0.05) is 31.9 Å². The van der Waals surface area contributed by atoms with Crippen molar-refractivity contribution >= 4 is 39.1 Å². The van der Waals surface area contributed by atoms with Crippen molar-refractivity contribution in [1.82, 2.24) is 9.29 Å². The number of pyridine rings is 1. The van der Waals surface area contributed by atoms with Crippen LogP contribution in [-0.2, 0) is 14.8 Å². The van der Waals surface area contributed by atoms with E-state index in [-0.39, 0.29) is 16.7 Å².